The highest BCUT2D eigenvalue weighted by Gasteiger charge is 2.28. The lowest BCUT2D eigenvalue weighted by Gasteiger charge is -2.32. The van der Waals surface area contributed by atoms with Crippen molar-refractivity contribution in [3.05, 3.63) is 48.3 Å². The summed E-state index contributed by atoms with van der Waals surface area (Å²) in [4.78, 5) is 9.35. The van der Waals surface area contributed by atoms with E-state index in [2.05, 4.69) is 50.4 Å². The van der Waals surface area contributed by atoms with Gasteiger partial charge in [0.05, 0.1) is 7.11 Å². The van der Waals surface area contributed by atoms with Crippen molar-refractivity contribution in [1.82, 2.24) is 20.1 Å². The molecule has 0 spiro atoms. The third kappa shape index (κ3) is 4.79. The maximum absolute atomic E-state index is 5.63. The first-order chi connectivity index (χ1) is 12.8. The van der Waals surface area contributed by atoms with E-state index in [1.54, 1.807) is 7.11 Å². The van der Waals surface area contributed by atoms with Crippen LogP contribution in [0.3, 0.4) is 0 Å². The molecule has 6 heteroatoms. The van der Waals surface area contributed by atoms with Crippen LogP contribution >= 0.6 is 12.4 Å². The molecule has 1 aromatic heterocycles. The number of piperazine rings is 1. The van der Waals surface area contributed by atoms with Crippen LogP contribution in [0.1, 0.15) is 12.0 Å². The van der Waals surface area contributed by atoms with Crippen molar-refractivity contribution in [1.29, 1.82) is 0 Å². The topological polar surface area (TPSA) is 40.6 Å². The second kappa shape index (κ2) is 9.51. The summed E-state index contributed by atoms with van der Waals surface area (Å²) in [5.41, 5.74) is 3.69. The minimum absolute atomic E-state index is 0. The van der Waals surface area contributed by atoms with E-state index in [0.717, 1.165) is 38.5 Å². The van der Waals surface area contributed by atoms with Crippen molar-refractivity contribution in [3.8, 4) is 16.9 Å². The van der Waals surface area contributed by atoms with Gasteiger partial charge in [0, 0.05) is 69.8 Å². The van der Waals surface area contributed by atoms with Gasteiger partial charge in [-0.25, -0.2) is 0 Å². The summed E-state index contributed by atoms with van der Waals surface area (Å²) in [5.74, 6) is 0.980. The average molecular weight is 389 g/mol. The normalized spacial score (nSPS) is 21.0. The van der Waals surface area contributed by atoms with E-state index in [4.69, 9.17) is 4.74 Å². The Morgan fingerprint density at radius 2 is 1.85 bits per heavy atom. The molecule has 0 amide bonds. The fourth-order valence-electron chi connectivity index (χ4n) is 4.17. The van der Waals surface area contributed by atoms with Gasteiger partial charge in [-0.15, -0.1) is 12.4 Å². The van der Waals surface area contributed by atoms with Gasteiger partial charge in [0.15, 0.2) is 0 Å². The Morgan fingerprint density at radius 1 is 1.07 bits per heavy atom. The lowest BCUT2D eigenvalue weighted by atomic mass is 10.0. The van der Waals surface area contributed by atoms with Crippen LogP contribution in [0.5, 0.6) is 5.75 Å². The predicted octanol–water partition coefficient (Wildman–Crippen LogP) is 2.66. The third-order valence-corrected chi connectivity index (χ3v) is 5.60. The number of hydrogen-bond donors (Lipinski definition) is 1. The van der Waals surface area contributed by atoms with Crippen molar-refractivity contribution < 1.29 is 4.74 Å². The monoisotopic (exact) mass is 388 g/mol. The minimum atomic E-state index is 0. The molecule has 2 aliphatic heterocycles. The summed E-state index contributed by atoms with van der Waals surface area (Å²) in [6.45, 7) is 7.87. The van der Waals surface area contributed by atoms with Gasteiger partial charge in [0.2, 0.25) is 0 Å². The van der Waals surface area contributed by atoms with Gasteiger partial charge in [-0.3, -0.25) is 14.8 Å². The second-order valence-electron chi connectivity index (χ2n) is 7.23. The molecule has 2 saturated heterocycles. The van der Waals surface area contributed by atoms with Crippen molar-refractivity contribution in [2.45, 2.75) is 19.0 Å². The summed E-state index contributed by atoms with van der Waals surface area (Å²) in [7, 11) is 1.76. The highest BCUT2D eigenvalue weighted by atomic mass is 35.5. The van der Waals surface area contributed by atoms with Gasteiger partial charge >= 0.3 is 0 Å². The SMILES string of the molecule is COc1ccc(-c2ccncc2)cc1CN1CCC(N2CCNCC2)C1.Cl. The number of aromatic nitrogens is 1. The molecular weight excluding hydrogens is 360 g/mol. The van der Waals surface area contributed by atoms with Crippen molar-refractivity contribution in [2.24, 2.45) is 0 Å². The maximum atomic E-state index is 5.63. The smallest absolute Gasteiger partial charge is 0.123 e. The number of likely N-dealkylation sites (tertiary alicyclic amines) is 1. The summed E-state index contributed by atoms with van der Waals surface area (Å²) >= 11 is 0. The first kappa shape index (κ1) is 20.1. The van der Waals surface area contributed by atoms with Crippen LogP contribution in [0.15, 0.2) is 42.7 Å². The van der Waals surface area contributed by atoms with Crippen LogP contribution in [-0.2, 0) is 6.54 Å². The molecule has 2 fully saturated rings. The summed E-state index contributed by atoms with van der Waals surface area (Å²) in [6.07, 6.45) is 4.96. The Morgan fingerprint density at radius 3 is 2.59 bits per heavy atom. The van der Waals surface area contributed by atoms with E-state index >= 15 is 0 Å². The third-order valence-electron chi connectivity index (χ3n) is 5.60. The van der Waals surface area contributed by atoms with Crippen LogP contribution in [0, 0.1) is 0 Å². The molecule has 1 aromatic carbocycles. The van der Waals surface area contributed by atoms with Crippen LogP contribution in [-0.4, -0.2) is 67.2 Å². The summed E-state index contributed by atoms with van der Waals surface area (Å²) in [6, 6.07) is 11.3. The van der Waals surface area contributed by atoms with E-state index in [9.17, 15) is 0 Å². The highest BCUT2D eigenvalue weighted by molar-refractivity contribution is 5.85. The average Bonchev–Trinajstić information content (AvgIpc) is 3.18. The lowest BCUT2D eigenvalue weighted by molar-refractivity contribution is 0.170. The molecule has 27 heavy (non-hydrogen) atoms. The van der Waals surface area contributed by atoms with Gasteiger partial charge in [-0.2, -0.15) is 0 Å². The van der Waals surface area contributed by atoms with E-state index in [1.807, 2.05) is 12.4 Å². The fraction of sp³-hybridized carbons (Fsp3) is 0.476. The molecule has 1 unspecified atom stereocenters. The van der Waals surface area contributed by atoms with Gasteiger partial charge < -0.3 is 10.1 Å². The van der Waals surface area contributed by atoms with Gasteiger partial charge in [-0.05, 0) is 41.8 Å². The van der Waals surface area contributed by atoms with Crippen LogP contribution in [0.2, 0.25) is 0 Å². The number of ether oxygens (including phenoxy) is 1. The predicted molar refractivity (Wildman–Crippen MR) is 112 cm³/mol. The Bertz CT molecular complexity index is 721. The van der Waals surface area contributed by atoms with E-state index in [1.165, 1.54) is 36.2 Å². The summed E-state index contributed by atoms with van der Waals surface area (Å²) < 4.78 is 5.63. The first-order valence-electron chi connectivity index (χ1n) is 9.58. The van der Waals surface area contributed by atoms with E-state index in [-0.39, 0.29) is 12.4 Å². The molecule has 0 aliphatic carbocycles. The van der Waals surface area contributed by atoms with Crippen molar-refractivity contribution in [3.63, 3.8) is 0 Å². The fourth-order valence-corrected chi connectivity index (χ4v) is 4.17. The van der Waals surface area contributed by atoms with Gasteiger partial charge in [0.25, 0.3) is 0 Å². The molecule has 2 aromatic rings. The van der Waals surface area contributed by atoms with Crippen LogP contribution in [0.25, 0.3) is 11.1 Å². The molecule has 0 saturated carbocycles. The van der Waals surface area contributed by atoms with Gasteiger partial charge in [-0.1, -0.05) is 6.07 Å². The molecule has 4 rings (SSSR count). The number of rotatable bonds is 5. The Hall–Kier alpha value is -1.66. The molecular formula is C21H29ClN4O. The number of benzene rings is 1. The molecule has 1 atom stereocenters. The standard InChI is InChI=1S/C21H28N4O.ClH/c1-26-21-3-2-18(17-4-7-22-8-5-17)14-19(21)15-24-11-6-20(16-24)25-12-9-23-10-13-25;/h2-5,7-8,14,20,23H,6,9-13,15-16H2,1H3;1H. The largest absolute Gasteiger partial charge is 0.496 e. The molecule has 1 N–H and O–H groups in total. The molecule has 146 valence electrons. The molecule has 2 aliphatic rings. The minimum Gasteiger partial charge on any atom is -0.496 e. The number of pyridine rings is 1. The van der Waals surface area contributed by atoms with Crippen molar-refractivity contribution >= 4 is 12.4 Å². The molecule has 3 heterocycles. The molecule has 5 nitrogen and oxygen atoms in total. The Kier molecular flexibility index (Phi) is 7.07. The highest BCUT2D eigenvalue weighted by Crippen LogP contribution is 2.29. The van der Waals surface area contributed by atoms with Crippen molar-refractivity contribution in [2.75, 3.05) is 46.4 Å². The summed E-state index contributed by atoms with van der Waals surface area (Å²) in [5, 5.41) is 3.45. The van der Waals surface area contributed by atoms with Crippen LogP contribution < -0.4 is 10.1 Å². The molecule has 0 radical (unpaired) electrons. The zero-order chi connectivity index (χ0) is 17.8. The Balaban J connectivity index is 0.00000210. The number of methoxy groups -OCH3 is 1. The molecule has 0 bridgehead atoms. The Labute approximate surface area is 168 Å². The van der Waals surface area contributed by atoms with Crippen LogP contribution in [0.4, 0.5) is 0 Å². The number of halogens is 1. The number of hydrogen-bond acceptors (Lipinski definition) is 5. The lowest BCUT2D eigenvalue weighted by Crippen LogP contribution is -2.49. The zero-order valence-electron chi connectivity index (χ0n) is 15.9. The maximum Gasteiger partial charge on any atom is 0.123 e. The number of nitrogens with zero attached hydrogens (tertiary/aromatic N) is 3. The quantitative estimate of drug-likeness (QED) is 0.852. The van der Waals surface area contributed by atoms with Gasteiger partial charge in [0.1, 0.15) is 5.75 Å². The zero-order valence-corrected chi connectivity index (χ0v) is 16.8. The van der Waals surface area contributed by atoms with E-state index in [0.29, 0.717) is 6.04 Å². The van der Waals surface area contributed by atoms with E-state index < -0.39 is 0 Å². The first-order valence-corrected chi connectivity index (χ1v) is 9.58. The number of nitrogens with one attached hydrogen (secondary N) is 1. The second-order valence-corrected chi connectivity index (χ2v) is 7.23.